The Bertz CT molecular complexity index is 1910. The molecule has 0 aliphatic carbocycles. The summed E-state index contributed by atoms with van der Waals surface area (Å²) in [7, 11) is 0. The zero-order valence-corrected chi connectivity index (χ0v) is 32.8. The van der Waals surface area contributed by atoms with E-state index < -0.39 is 0 Å². The molecule has 2 nitrogen and oxygen atoms in total. The van der Waals surface area contributed by atoms with Gasteiger partial charge in [-0.3, -0.25) is 0 Å². The third kappa shape index (κ3) is 7.08. The van der Waals surface area contributed by atoms with E-state index in [-0.39, 0.29) is 23.7 Å². The summed E-state index contributed by atoms with van der Waals surface area (Å²) >= 11 is 0. The predicted octanol–water partition coefficient (Wildman–Crippen LogP) is 13.4. The minimum atomic E-state index is 0.219. The van der Waals surface area contributed by atoms with Crippen LogP contribution in [0.4, 0.5) is 11.4 Å². The van der Waals surface area contributed by atoms with Crippen LogP contribution in [0.25, 0.3) is 0 Å². The van der Waals surface area contributed by atoms with Crippen molar-refractivity contribution in [1.29, 1.82) is 0 Å². The molecule has 0 radical (unpaired) electrons. The highest BCUT2D eigenvalue weighted by Crippen LogP contribution is 2.48. The van der Waals surface area contributed by atoms with Crippen molar-refractivity contribution in [3.63, 3.8) is 0 Å². The number of rotatable bonds is 10. The maximum absolute atomic E-state index is 2.63. The molecule has 4 atom stereocenters. The van der Waals surface area contributed by atoms with Crippen LogP contribution in [0.3, 0.4) is 0 Å². The molecule has 0 saturated heterocycles. The summed E-state index contributed by atoms with van der Waals surface area (Å²) < 4.78 is 0. The van der Waals surface area contributed by atoms with Crippen molar-refractivity contribution in [2.75, 3.05) is 16.5 Å². The largest absolute Gasteiger partial charge is 0.325 e. The maximum atomic E-state index is 2.63. The number of hydrogen-bond donors (Lipinski definition) is 0. The smallest absolute Gasteiger partial charge is 0.0995 e. The molecule has 1 aliphatic rings. The van der Waals surface area contributed by atoms with E-state index in [2.05, 4.69) is 211 Å². The Kier molecular flexibility index (Phi) is 10.4. The molecule has 268 valence electrons. The predicted molar refractivity (Wildman–Crippen MR) is 226 cm³/mol. The van der Waals surface area contributed by atoms with E-state index in [4.69, 9.17) is 0 Å². The molecule has 0 spiro atoms. The van der Waals surface area contributed by atoms with Gasteiger partial charge in [-0.25, -0.2) is 0 Å². The van der Waals surface area contributed by atoms with Gasteiger partial charge in [-0.1, -0.05) is 184 Å². The van der Waals surface area contributed by atoms with Crippen molar-refractivity contribution >= 4 is 11.4 Å². The number of hydrogen-bond acceptors (Lipinski definition) is 2. The number of allylic oxidation sites excluding steroid dienone is 2. The van der Waals surface area contributed by atoms with Gasteiger partial charge in [0.25, 0.3) is 0 Å². The lowest BCUT2D eigenvalue weighted by atomic mass is 9.83. The van der Waals surface area contributed by atoms with Crippen LogP contribution >= 0.6 is 0 Å². The minimum Gasteiger partial charge on any atom is -0.325 e. The zero-order chi connectivity index (χ0) is 37.2. The standard InChI is InChI=1S/C51H54N2/c1-34-29-46(36(3)42-21-13-9-14-22-42)50(47(30-34)37(4)43-23-15-10-16-24-43)52-33-53(41(8)40(52)7)51-48(38(5)44-25-17-11-18-26-44)31-35(2)32-49(51)39(6)45-27-19-12-20-28-45/h9-32,36-39H,33H2,1-8H3/t36-,37-,38-,39-/m0/s1. The van der Waals surface area contributed by atoms with Crippen LogP contribution in [0.2, 0.25) is 0 Å². The summed E-state index contributed by atoms with van der Waals surface area (Å²) in [4.78, 5) is 5.26. The van der Waals surface area contributed by atoms with Crippen LogP contribution in [0.15, 0.2) is 157 Å². The molecule has 2 heteroatoms. The molecule has 53 heavy (non-hydrogen) atoms. The van der Waals surface area contributed by atoms with Crippen molar-refractivity contribution in [2.24, 2.45) is 0 Å². The fraction of sp³-hybridized carbons (Fsp3) is 0.255. The summed E-state index contributed by atoms with van der Waals surface area (Å²) in [6.45, 7) is 19.4. The topological polar surface area (TPSA) is 6.48 Å². The highest BCUT2D eigenvalue weighted by molar-refractivity contribution is 5.76. The van der Waals surface area contributed by atoms with E-state index in [9.17, 15) is 0 Å². The second-order valence-corrected chi connectivity index (χ2v) is 15.3. The molecule has 7 rings (SSSR count). The summed E-state index contributed by atoms with van der Waals surface area (Å²) in [5.41, 5.74) is 18.7. The summed E-state index contributed by atoms with van der Waals surface area (Å²) in [6.07, 6.45) is 0. The molecular formula is C51H54N2. The molecule has 0 aromatic heterocycles. The van der Waals surface area contributed by atoms with E-state index >= 15 is 0 Å². The zero-order valence-electron chi connectivity index (χ0n) is 32.8. The Morgan fingerprint density at radius 2 is 0.585 bits per heavy atom. The number of nitrogens with zero attached hydrogens (tertiary/aromatic N) is 2. The molecule has 0 N–H and O–H groups in total. The van der Waals surface area contributed by atoms with Gasteiger partial charge >= 0.3 is 0 Å². The molecule has 6 aromatic rings. The first kappa shape index (κ1) is 36.0. The first-order valence-electron chi connectivity index (χ1n) is 19.3. The molecular weight excluding hydrogens is 641 g/mol. The Hall–Kier alpha value is -5.34. The van der Waals surface area contributed by atoms with E-state index in [1.807, 2.05) is 0 Å². The average Bonchev–Trinajstić information content (AvgIpc) is 3.49. The Labute approximate surface area is 318 Å². The van der Waals surface area contributed by atoms with Gasteiger partial charge in [0.1, 0.15) is 0 Å². The Balaban J connectivity index is 1.43. The molecule has 0 saturated carbocycles. The van der Waals surface area contributed by atoms with Gasteiger partial charge in [0.15, 0.2) is 0 Å². The van der Waals surface area contributed by atoms with Gasteiger partial charge in [-0.2, -0.15) is 0 Å². The van der Waals surface area contributed by atoms with Crippen LogP contribution < -0.4 is 9.80 Å². The van der Waals surface area contributed by atoms with Crippen LogP contribution in [0.5, 0.6) is 0 Å². The van der Waals surface area contributed by atoms with Gasteiger partial charge in [0, 0.05) is 35.1 Å². The van der Waals surface area contributed by atoms with Crippen LogP contribution in [-0.2, 0) is 0 Å². The van der Waals surface area contributed by atoms with E-state index in [0.29, 0.717) is 0 Å². The van der Waals surface area contributed by atoms with Gasteiger partial charge in [-0.15, -0.1) is 0 Å². The van der Waals surface area contributed by atoms with E-state index in [1.54, 1.807) is 0 Å². The third-order valence-electron chi connectivity index (χ3n) is 11.8. The fourth-order valence-electron chi connectivity index (χ4n) is 8.52. The normalized spacial score (nSPS) is 15.4. The summed E-state index contributed by atoms with van der Waals surface area (Å²) in [5.74, 6) is 0.877. The molecule has 0 unspecified atom stereocenters. The third-order valence-corrected chi connectivity index (χ3v) is 11.8. The van der Waals surface area contributed by atoms with Crippen LogP contribution in [-0.4, -0.2) is 6.67 Å². The highest BCUT2D eigenvalue weighted by atomic mass is 15.4. The fourth-order valence-corrected chi connectivity index (χ4v) is 8.52. The lowest BCUT2D eigenvalue weighted by Gasteiger charge is -2.34. The molecule has 0 bridgehead atoms. The van der Waals surface area contributed by atoms with Crippen molar-refractivity contribution in [1.82, 2.24) is 0 Å². The SMILES string of the molecule is CC1=C(C)N(c2c([C@@H](C)c3ccccc3)cc(C)cc2[C@@H](C)c2ccccc2)CN1c1c([C@@H](C)c2ccccc2)cc(C)cc1[C@@H](C)c1ccccc1. The van der Waals surface area contributed by atoms with Crippen molar-refractivity contribution in [3.05, 3.63) is 213 Å². The summed E-state index contributed by atoms with van der Waals surface area (Å²) in [5, 5.41) is 0. The molecule has 0 amide bonds. The maximum Gasteiger partial charge on any atom is 0.0995 e. The lowest BCUT2D eigenvalue weighted by molar-refractivity contribution is 0.828. The van der Waals surface area contributed by atoms with Crippen molar-refractivity contribution < 1.29 is 0 Å². The first-order chi connectivity index (χ1) is 25.6. The van der Waals surface area contributed by atoms with Gasteiger partial charge < -0.3 is 9.80 Å². The minimum absolute atomic E-state index is 0.219. The first-order valence-corrected chi connectivity index (χ1v) is 19.3. The van der Waals surface area contributed by atoms with E-state index in [1.165, 1.54) is 78.4 Å². The second kappa shape index (κ2) is 15.3. The number of benzene rings is 6. The van der Waals surface area contributed by atoms with Crippen LogP contribution in [0.1, 0.15) is 121 Å². The lowest BCUT2D eigenvalue weighted by Crippen LogP contribution is -2.31. The highest BCUT2D eigenvalue weighted by Gasteiger charge is 2.35. The van der Waals surface area contributed by atoms with E-state index in [0.717, 1.165) is 6.67 Å². The van der Waals surface area contributed by atoms with Gasteiger partial charge in [0.2, 0.25) is 0 Å². The Morgan fingerprint density at radius 1 is 0.358 bits per heavy atom. The Morgan fingerprint density at radius 3 is 0.811 bits per heavy atom. The molecule has 0 fully saturated rings. The van der Waals surface area contributed by atoms with Gasteiger partial charge in [-0.05, 0) is 72.2 Å². The molecule has 1 aliphatic heterocycles. The molecule has 6 aromatic carbocycles. The number of aryl methyl sites for hydroxylation is 2. The molecule has 1 heterocycles. The number of anilines is 2. The monoisotopic (exact) mass is 694 g/mol. The average molecular weight is 695 g/mol. The van der Waals surface area contributed by atoms with Gasteiger partial charge in [0.05, 0.1) is 18.0 Å². The van der Waals surface area contributed by atoms with Crippen LogP contribution in [0, 0.1) is 13.8 Å². The second-order valence-electron chi connectivity index (χ2n) is 15.3. The quantitative estimate of drug-likeness (QED) is 0.141. The van der Waals surface area contributed by atoms with Crippen molar-refractivity contribution in [2.45, 2.75) is 79.1 Å². The van der Waals surface area contributed by atoms with Crippen molar-refractivity contribution in [3.8, 4) is 0 Å². The summed E-state index contributed by atoms with van der Waals surface area (Å²) in [6, 6.07) is 53.8.